The van der Waals surface area contributed by atoms with Crippen LogP contribution in [0.1, 0.15) is 19.0 Å². The van der Waals surface area contributed by atoms with E-state index in [2.05, 4.69) is 22.4 Å². The van der Waals surface area contributed by atoms with Crippen molar-refractivity contribution in [3.8, 4) is 0 Å². The van der Waals surface area contributed by atoms with Gasteiger partial charge in [-0.3, -0.25) is 10.1 Å². The summed E-state index contributed by atoms with van der Waals surface area (Å²) < 4.78 is 6.75. The number of carbonyl (C=O) groups is 1. The number of para-hydroxylation sites is 2. The zero-order valence-corrected chi connectivity index (χ0v) is 11.7. The fourth-order valence-electron chi connectivity index (χ4n) is 2.28. The summed E-state index contributed by atoms with van der Waals surface area (Å²) in [7, 11) is 0. The summed E-state index contributed by atoms with van der Waals surface area (Å²) in [5, 5.41) is 6.59. The Kier molecular flexibility index (Phi) is 3.68. The van der Waals surface area contributed by atoms with E-state index in [1.165, 1.54) is 6.26 Å². The molecule has 3 rings (SSSR count). The van der Waals surface area contributed by atoms with Crippen molar-refractivity contribution in [3.05, 3.63) is 42.3 Å². The molecule has 0 aliphatic rings. The Morgan fingerprint density at radius 3 is 2.95 bits per heavy atom. The predicted molar refractivity (Wildman–Crippen MR) is 78.9 cm³/mol. The molecule has 0 fully saturated rings. The third-order valence-corrected chi connectivity index (χ3v) is 3.19. The van der Waals surface area contributed by atoms with Gasteiger partial charge < -0.3 is 9.09 Å². The molecule has 2 aromatic heterocycles. The van der Waals surface area contributed by atoms with Crippen molar-refractivity contribution < 1.29 is 9.32 Å². The van der Waals surface area contributed by atoms with Crippen LogP contribution in [0.4, 0.5) is 5.95 Å². The van der Waals surface area contributed by atoms with Gasteiger partial charge in [0.1, 0.15) is 6.26 Å². The molecule has 6 heteroatoms. The van der Waals surface area contributed by atoms with Crippen molar-refractivity contribution >= 4 is 22.9 Å². The van der Waals surface area contributed by atoms with Crippen molar-refractivity contribution in [1.29, 1.82) is 0 Å². The van der Waals surface area contributed by atoms with Gasteiger partial charge in [-0.25, -0.2) is 4.98 Å². The molecule has 21 heavy (non-hydrogen) atoms. The maximum absolute atomic E-state index is 12.1. The van der Waals surface area contributed by atoms with Crippen LogP contribution in [-0.4, -0.2) is 20.6 Å². The Bertz CT molecular complexity index is 746. The molecule has 108 valence electrons. The highest BCUT2D eigenvalue weighted by Gasteiger charge is 2.13. The molecule has 2 heterocycles. The first-order valence-corrected chi connectivity index (χ1v) is 6.92. The number of fused-ring (bicyclic) bond motifs is 1. The highest BCUT2D eigenvalue weighted by atomic mass is 16.5. The van der Waals surface area contributed by atoms with Gasteiger partial charge in [0.2, 0.25) is 11.9 Å². The maximum Gasteiger partial charge on any atom is 0.232 e. The van der Waals surface area contributed by atoms with E-state index in [0.29, 0.717) is 11.6 Å². The van der Waals surface area contributed by atoms with Gasteiger partial charge in [-0.1, -0.05) is 24.2 Å². The van der Waals surface area contributed by atoms with Crippen LogP contribution in [0.25, 0.3) is 11.0 Å². The molecular weight excluding hydrogens is 268 g/mol. The quantitative estimate of drug-likeness (QED) is 0.781. The Hall–Kier alpha value is -2.63. The van der Waals surface area contributed by atoms with Gasteiger partial charge in [0.05, 0.1) is 23.1 Å². The van der Waals surface area contributed by atoms with E-state index in [9.17, 15) is 4.79 Å². The topological polar surface area (TPSA) is 73.0 Å². The summed E-state index contributed by atoms with van der Waals surface area (Å²) in [5.41, 5.74) is 2.50. The normalized spacial score (nSPS) is 10.9. The Morgan fingerprint density at radius 1 is 1.33 bits per heavy atom. The van der Waals surface area contributed by atoms with E-state index in [-0.39, 0.29) is 12.3 Å². The first-order chi connectivity index (χ1) is 10.3. The number of amides is 1. The third kappa shape index (κ3) is 2.79. The summed E-state index contributed by atoms with van der Waals surface area (Å²) in [5.74, 6) is 0.420. The minimum absolute atomic E-state index is 0.156. The van der Waals surface area contributed by atoms with Gasteiger partial charge in [0.25, 0.3) is 0 Å². The lowest BCUT2D eigenvalue weighted by Crippen LogP contribution is -2.18. The van der Waals surface area contributed by atoms with Crippen LogP contribution in [0.3, 0.4) is 0 Å². The smallest absolute Gasteiger partial charge is 0.232 e. The van der Waals surface area contributed by atoms with Crippen LogP contribution in [-0.2, 0) is 17.8 Å². The molecule has 0 bridgehead atoms. The largest absolute Gasteiger partial charge is 0.364 e. The van der Waals surface area contributed by atoms with Crippen molar-refractivity contribution in [2.45, 2.75) is 26.3 Å². The summed E-state index contributed by atoms with van der Waals surface area (Å²) in [4.78, 5) is 16.6. The van der Waals surface area contributed by atoms with E-state index in [1.807, 2.05) is 28.8 Å². The predicted octanol–water partition coefficient (Wildman–Crippen LogP) is 2.62. The molecular formula is C15H16N4O2. The molecule has 0 unspecified atom stereocenters. The van der Waals surface area contributed by atoms with E-state index < -0.39 is 0 Å². The first kappa shape index (κ1) is 13.4. The first-order valence-electron chi connectivity index (χ1n) is 6.92. The lowest BCUT2D eigenvalue weighted by atomic mass is 10.3. The van der Waals surface area contributed by atoms with Crippen LogP contribution in [0.15, 0.2) is 41.1 Å². The molecule has 0 spiro atoms. The average Bonchev–Trinajstić information content (AvgIpc) is 3.08. The van der Waals surface area contributed by atoms with Crippen LogP contribution in [0, 0.1) is 0 Å². The average molecular weight is 284 g/mol. The van der Waals surface area contributed by atoms with Gasteiger partial charge in [-0.15, -0.1) is 0 Å². The summed E-state index contributed by atoms with van der Waals surface area (Å²) >= 11 is 0. The van der Waals surface area contributed by atoms with E-state index in [1.54, 1.807) is 6.07 Å². The van der Waals surface area contributed by atoms with Crippen molar-refractivity contribution in [1.82, 2.24) is 14.7 Å². The zero-order valence-electron chi connectivity index (χ0n) is 11.7. The summed E-state index contributed by atoms with van der Waals surface area (Å²) in [6, 6.07) is 9.53. The number of hydrogen-bond acceptors (Lipinski definition) is 4. The number of aromatic nitrogens is 3. The summed E-state index contributed by atoms with van der Waals surface area (Å²) in [6.45, 7) is 2.90. The highest BCUT2D eigenvalue weighted by Crippen LogP contribution is 2.20. The van der Waals surface area contributed by atoms with E-state index in [0.717, 1.165) is 24.0 Å². The number of anilines is 1. The number of nitrogens with one attached hydrogen (secondary N) is 1. The van der Waals surface area contributed by atoms with Gasteiger partial charge in [-0.2, -0.15) is 0 Å². The highest BCUT2D eigenvalue weighted by molar-refractivity contribution is 5.92. The van der Waals surface area contributed by atoms with E-state index in [4.69, 9.17) is 4.52 Å². The second-order valence-electron chi connectivity index (χ2n) is 4.79. The number of benzene rings is 1. The van der Waals surface area contributed by atoms with Crippen molar-refractivity contribution in [2.75, 3.05) is 5.32 Å². The van der Waals surface area contributed by atoms with Gasteiger partial charge in [-0.05, 0) is 18.6 Å². The third-order valence-electron chi connectivity index (χ3n) is 3.19. The second kappa shape index (κ2) is 5.78. The molecule has 0 aliphatic heterocycles. The Labute approximate surface area is 121 Å². The van der Waals surface area contributed by atoms with Gasteiger partial charge in [0.15, 0.2) is 0 Å². The molecule has 6 nitrogen and oxygen atoms in total. The van der Waals surface area contributed by atoms with Gasteiger partial charge >= 0.3 is 0 Å². The molecule has 1 amide bonds. The number of imidazole rings is 1. The lowest BCUT2D eigenvalue weighted by molar-refractivity contribution is -0.115. The standard InChI is InChI=1S/C15H16N4O2/c1-2-8-19-13-6-4-3-5-12(13)16-15(19)17-14(20)10-11-7-9-21-18-11/h3-7,9H,2,8,10H2,1H3,(H,16,17,20). The number of nitrogens with zero attached hydrogens (tertiary/aromatic N) is 3. The number of aryl methyl sites for hydroxylation is 1. The minimum Gasteiger partial charge on any atom is -0.364 e. The molecule has 3 aromatic rings. The number of carbonyl (C=O) groups excluding carboxylic acids is 1. The number of hydrogen-bond donors (Lipinski definition) is 1. The minimum atomic E-state index is -0.156. The fraction of sp³-hybridized carbons (Fsp3) is 0.267. The Balaban J connectivity index is 1.85. The molecule has 0 aliphatic carbocycles. The SMILES string of the molecule is CCCn1c(NC(=O)Cc2ccon2)nc2ccccc21. The van der Waals surface area contributed by atoms with Crippen molar-refractivity contribution in [3.63, 3.8) is 0 Å². The van der Waals surface area contributed by atoms with Crippen LogP contribution >= 0.6 is 0 Å². The van der Waals surface area contributed by atoms with Gasteiger partial charge in [0, 0.05) is 12.6 Å². The molecule has 0 saturated heterocycles. The van der Waals surface area contributed by atoms with E-state index >= 15 is 0 Å². The molecule has 1 aromatic carbocycles. The zero-order chi connectivity index (χ0) is 14.7. The van der Waals surface area contributed by atoms with Crippen LogP contribution in [0.2, 0.25) is 0 Å². The lowest BCUT2D eigenvalue weighted by Gasteiger charge is -2.08. The second-order valence-corrected chi connectivity index (χ2v) is 4.79. The molecule has 0 radical (unpaired) electrons. The monoisotopic (exact) mass is 284 g/mol. The number of rotatable bonds is 5. The van der Waals surface area contributed by atoms with Crippen LogP contribution in [0.5, 0.6) is 0 Å². The van der Waals surface area contributed by atoms with Crippen LogP contribution < -0.4 is 5.32 Å². The maximum atomic E-state index is 12.1. The summed E-state index contributed by atoms with van der Waals surface area (Å²) in [6.07, 6.45) is 2.59. The fourth-order valence-corrected chi connectivity index (χ4v) is 2.28. The Morgan fingerprint density at radius 2 is 2.19 bits per heavy atom. The molecule has 1 N–H and O–H groups in total. The van der Waals surface area contributed by atoms with Crippen molar-refractivity contribution in [2.24, 2.45) is 0 Å². The molecule has 0 atom stereocenters. The molecule has 0 saturated carbocycles.